The molecule has 0 saturated carbocycles. The molecule has 2 aliphatic carbocycles. The van der Waals surface area contributed by atoms with Gasteiger partial charge in [-0.25, -0.2) is 15.1 Å². The first-order valence-electron chi connectivity index (χ1n) is 11.7. The second kappa shape index (κ2) is 15.2. The number of aliphatic hydroxyl groups is 2. The van der Waals surface area contributed by atoms with Crippen molar-refractivity contribution in [3.63, 3.8) is 0 Å². The number of nitrogens with one attached hydrogen (secondary N) is 1. The topological polar surface area (TPSA) is 196 Å². The van der Waals surface area contributed by atoms with Crippen molar-refractivity contribution in [2.45, 2.75) is 20.3 Å². The Morgan fingerprint density at radius 2 is 1.37 bits per heavy atom. The lowest BCUT2D eigenvalue weighted by Crippen LogP contribution is -2.40. The lowest BCUT2D eigenvalue weighted by atomic mass is 10.2. The van der Waals surface area contributed by atoms with Crippen molar-refractivity contribution < 1.29 is 53.2 Å². The lowest BCUT2D eigenvalue weighted by Gasteiger charge is -2.20. The van der Waals surface area contributed by atoms with Crippen LogP contribution in [-0.4, -0.2) is 85.4 Å². The Balaban J connectivity index is 2.19. The van der Waals surface area contributed by atoms with Crippen LogP contribution < -0.4 is 20.7 Å². The Hall–Kier alpha value is -4.14. The molecule has 0 fully saturated rings. The number of fused-ring (bicyclic) bond motifs is 1. The van der Waals surface area contributed by atoms with Crippen LogP contribution >= 0.6 is 0 Å². The first-order valence-corrected chi connectivity index (χ1v) is 11.7. The maximum atomic E-state index is 12.3. The highest BCUT2D eigenvalue weighted by Gasteiger charge is 2.28. The molecule has 0 heterocycles. The highest BCUT2D eigenvalue weighted by molar-refractivity contribution is 5.95. The third kappa shape index (κ3) is 8.47. The van der Waals surface area contributed by atoms with E-state index in [4.69, 9.17) is 39.7 Å². The van der Waals surface area contributed by atoms with Crippen molar-refractivity contribution in [3.05, 3.63) is 29.8 Å². The summed E-state index contributed by atoms with van der Waals surface area (Å²) >= 11 is 0. The number of nitrogens with two attached hydrogens (primary N) is 1. The van der Waals surface area contributed by atoms with Crippen molar-refractivity contribution in [2.75, 3.05) is 51.9 Å². The van der Waals surface area contributed by atoms with Gasteiger partial charge >= 0.3 is 12.3 Å². The number of hydrogen-bond acceptors (Lipinski definition) is 12. The molecule has 0 aromatic heterocycles. The standard InChI is InChI=1S/C24H31N3O11/c1-3-34-23(32)37-21-16-7-5-15(6-8-17(16)22(20(21)25)38-24(33)35-4-2)13-18(30)26-36-14-19(31)27(9-11-28)10-12-29/h5-8,28-29H,3-4,9-14,25H2,1-2H3,(H,26,30). The summed E-state index contributed by atoms with van der Waals surface area (Å²) in [5.41, 5.74) is 9.22. The second-order valence-electron chi connectivity index (χ2n) is 7.53. The molecule has 0 aromatic carbocycles. The van der Waals surface area contributed by atoms with E-state index in [1.165, 1.54) is 17.0 Å². The van der Waals surface area contributed by atoms with E-state index in [0.717, 1.165) is 0 Å². The molecule has 0 unspecified atom stereocenters. The maximum absolute atomic E-state index is 12.3. The third-order valence-corrected chi connectivity index (χ3v) is 4.93. The normalized spacial score (nSPS) is 10.5. The van der Waals surface area contributed by atoms with E-state index in [1.54, 1.807) is 26.0 Å². The molecule has 2 aliphatic rings. The molecule has 2 rings (SSSR count). The van der Waals surface area contributed by atoms with E-state index >= 15 is 0 Å². The van der Waals surface area contributed by atoms with Gasteiger partial charge in [0.2, 0.25) is 5.91 Å². The number of aliphatic hydroxyl groups excluding tert-OH is 2. The first-order chi connectivity index (χ1) is 18.2. The van der Waals surface area contributed by atoms with Gasteiger partial charge in [0, 0.05) is 24.2 Å². The molecule has 2 amide bonds. The zero-order valence-electron chi connectivity index (χ0n) is 21.1. The molecule has 0 bridgehead atoms. The van der Waals surface area contributed by atoms with Gasteiger partial charge in [0.15, 0.2) is 18.1 Å². The Morgan fingerprint density at radius 1 is 0.868 bits per heavy atom. The van der Waals surface area contributed by atoms with E-state index in [-0.39, 0.29) is 63.1 Å². The third-order valence-electron chi connectivity index (χ3n) is 4.93. The summed E-state index contributed by atoms with van der Waals surface area (Å²) in [6.45, 7) is 2.28. The molecule has 0 aliphatic heterocycles. The van der Waals surface area contributed by atoms with E-state index < -0.39 is 30.7 Å². The van der Waals surface area contributed by atoms with Crippen LogP contribution in [0.15, 0.2) is 24.3 Å². The predicted octanol–water partition coefficient (Wildman–Crippen LogP) is 0.848. The van der Waals surface area contributed by atoms with E-state index in [2.05, 4.69) is 5.48 Å². The van der Waals surface area contributed by atoms with Gasteiger partial charge in [-0.05, 0) is 19.4 Å². The van der Waals surface area contributed by atoms with E-state index in [9.17, 15) is 19.2 Å². The van der Waals surface area contributed by atoms with Crippen molar-refractivity contribution in [1.82, 2.24) is 10.4 Å². The number of hydroxylamine groups is 1. The summed E-state index contributed by atoms with van der Waals surface area (Å²) in [7, 11) is 0. The van der Waals surface area contributed by atoms with Crippen molar-refractivity contribution in [3.8, 4) is 22.6 Å². The van der Waals surface area contributed by atoms with E-state index in [0.29, 0.717) is 16.7 Å². The van der Waals surface area contributed by atoms with Crippen LogP contribution in [0.2, 0.25) is 0 Å². The molecule has 0 aromatic rings. The van der Waals surface area contributed by atoms with Crippen LogP contribution in [0.25, 0.3) is 11.1 Å². The van der Waals surface area contributed by atoms with Gasteiger partial charge in [-0.2, -0.15) is 0 Å². The van der Waals surface area contributed by atoms with Crippen LogP contribution in [0.5, 0.6) is 11.5 Å². The summed E-state index contributed by atoms with van der Waals surface area (Å²) in [5.74, 6) is -1.30. The van der Waals surface area contributed by atoms with Gasteiger partial charge in [-0.1, -0.05) is 24.3 Å². The highest BCUT2D eigenvalue weighted by atomic mass is 16.7. The fourth-order valence-electron chi connectivity index (χ4n) is 3.30. The minimum atomic E-state index is -1.01. The van der Waals surface area contributed by atoms with Crippen molar-refractivity contribution in [2.24, 2.45) is 0 Å². The maximum Gasteiger partial charge on any atom is 0.513 e. The molecule has 14 heteroatoms. The van der Waals surface area contributed by atoms with Crippen molar-refractivity contribution >= 4 is 29.8 Å². The highest BCUT2D eigenvalue weighted by Crippen LogP contribution is 2.50. The summed E-state index contributed by atoms with van der Waals surface area (Å²) in [6, 6.07) is 6.16. The number of anilines is 1. The number of carbonyl (C=O) groups excluding carboxylic acids is 4. The Bertz CT molecular complexity index is 1030. The average molecular weight is 538 g/mol. The van der Waals surface area contributed by atoms with Crippen LogP contribution in [0.4, 0.5) is 15.3 Å². The molecular weight excluding hydrogens is 506 g/mol. The number of rotatable bonds is 13. The quantitative estimate of drug-likeness (QED) is 0.208. The number of amides is 2. The Morgan fingerprint density at radius 3 is 1.82 bits per heavy atom. The molecule has 0 radical (unpaired) electrons. The lowest BCUT2D eigenvalue weighted by molar-refractivity contribution is -0.145. The van der Waals surface area contributed by atoms with Gasteiger partial charge in [-0.15, -0.1) is 0 Å². The molecule has 5 N–H and O–H groups in total. The van der Waals surface area contributed by atoms with Crippen molar-refractivity contribution in [1.29, 1.82) is 0 Å². The number of nitrogen functional groups attached to an aromatic ring is 1. The summed E-state index contributed by atoms with van der Waals surface area (Å²) in [4.78, 5) is 54.4. The SMILES string of the molecule is CCOC(=O)Oc1c2ccc(CC(=O)NOCC(=O)N(CCO)CCO)ccc-2c(OC(=O)OCC)c1N. The predicted molar refractivity (Wildman–Crippen MR) is 131 cm³/mol. The number of hydrogen-bond donors (Lipinski definition) is 4. The fourth-order valence-corrected chi connectivity index (χ4v) is 3.30. The summed E-state index contributed by atoms with van der Waals surface area (Å²) < 4.78 is 20.1. The number of carbonyl (C=O) groups is 4. The molecule has 14 nitrogen and oxygen atoms in total. The van der Waals surface area contributed by atoms with Gasteiger partial charge in [0.25, 0.3) is 5.91 Å². The van der Waals surface area contributed by atoms with Gasteiger partial charge in [0.05, 0.1) is 32.8 Å². The van der Waals surface area contributed by atoms with Crippen LogP contribution in [0, 0.1) is 0 Å². The number of nitrogens with zero attached hydrogens (tertiary/aromatic N) is 1. The summed E-state index contributed by atoms with van der Waals surface area (Å²) in [5, 5.41) is 18.0. The smallest absolute Gasteiger partial charge is 0.434 e. The second-order valence-corrected chi connectivity index (χ2v) is 7.53. The van der Waals surface area contributed by atoms with Crippen LogP contribution in [0.1, 0.15) is 19.4 Å². The zero-order valence-corrected chi connectivity index (χ0v) is 21.1. The van der Waals surface area contributed by atoms with E-state index in [1.807, 2.05) is 0 Å². The van der Waals surface area contributed by atoms with Gasteiger partial charge in [0.1, 0.15) is 5.69 Å². The number of ether oxygens (including phenoxy) is 4. The monoisotopic (exact) mass is 537 g/mol. The Labute approximate surface area is 218 Å². The van der Waals surface area contributed by atoms with Crippen LogP contribution in [0.3, 0.4) is 0 Å². The zero-order chi connectivity index (χ0) is 28.1. The van der Waals surface area contributed by atoms with Gasteiger partial charge in [-0.3, -0.25) is 14.4 Å². The molecule has 0 spiro atoms. The minimum absolute atomic E-state index is 0.0155. The molecule has 0 saturated heterocycles. The first kappa shape index (κ1) is 30.1. The molecule has 38 heavy (non-hydrogen) atoms. The molecule has 208 valence electrons. The minimum Gasteiger partial charge on any atom is -0.434 e. The molecular formula is C24H31N3O11. The average Bonchev–Trinajstić information content (AvgIpc) is 2.99. The largest absolute Gasteiger partial charge is 0.513 e. The Kier molecular flexibility index (Phi) is 12.0. The van der Waals surface area contributed by atoms with Gasteiger partial charge < -0.3 is 39.8 Å². The van der Waals surface area contributed by atoms with Crippen LogP contribution in [-0.2, 0) is 30.3 Å². The summed E-state index contributed by atoms with van der Waals surface area (Å²) in [6.07, 6.45) is -2.19. The molecule has 0 atom stereocenters. The fraction of sp³-hybridized carbons (Fsp3) is 0.417.